The lowest BCUT2D eigenvalue weighted by Crippen LogP contribution is -2.30. The summed E-state index contributed by atoms with van der Waals surface area (Å²) in [6.45, 7) is 5.23. The second kappa shape index (κ2) is 16.9. The first-order chi connectivity index (χ1) is 12.4. The van der Waals surface area contributed by atoms with Gasteiger partial charge < -0.3 is 10.0 Å². The van der Waals surface area contributed by atoms with E-state index in [0.717, 1.165) is 26.1 Å². The summed E-state index contributed by atoms with van der Waals surface area (Å²) in [5.41, 5.74) is 0. The van der Waals surface area contributed by atoms with Crippen LogP contribution >= 0.6 is 0 Å². The van der Waals surface area contributed by atoms with Gasteiger partial charge in [-0.15, -0.1) is 0 Å². The Bertz CT molecular complexity index is 317. The summed E-state index contributed by atoms with van der Waals surface area (Å²) in [5, 5.41) is 9.05. The predicted molar refractivity (Wildman–Crippen MR) is 111 cm³/mol. The van der Waals surface area contributed by atoms with Crippen molar-refractivity contribution in [1.29, 1.82) is 0 Å². The number of aliphatic imine (C=N–C) groups is 1. The number of hydrogen-bond acceptors (Lipinski definition) is 3. The fourth-order valence-electron chi connectivity index (χ4n) is 3.78. The highest BCUT2D eigenvalue weighted by Crippen LogP contribution is 2.14. The van der Waals surface area contributed by atoms with Crippen molar-refractivity contribution in [3.8, 4) is 0 Å². The minimum Gasteiger partial charge on any atom is -0.395 e. The highest BCUT2D eigenvalue weighted by molar-refractivity contribution is 5.83. The van der Waals surface area contributed by atoms with Crippen LogP contribution < -0.4 is 0 Å². The molecule has 0 amide bonds. The molecular weight excluding hydrogens is 308 g/mol. The van der Waals surface area contributed by atoms with Gasteiger partial charge in [-0.1, -0.05) is 96.8 Å². The van der Waals surface area contributed by atoms with Crippen molar-refractivity contribution in [3.63, 3.8) is 0 Å². The van der Waals surface area contributed by atoms with E-state index in [1.54, 1.807) is 0 Å². The number of amidine groups is 1. The molecule has 148 valence electrons. The third-order valence-electron chi connectivity index (χ3n) is 5.40. The van der Waals surface area contributed by atoms with Gasteiger partial charge >= 0.3 is 0 Å². The predicted octanol–water partition coefficient (Wildman–Crippen LogP) is 5.95. The second-order valence-electron chi connectivity index (χ2n) is 7.71. The van der Waals surface area contributed by atoms with Gasteiger partial charge in [0, 0.05) is 19.5 Å². The van der Waals surface area contributed by atoms with Gasteiger partial charge in [0.1, 0.15) is 0 Å². The van der Waals surface area contributed by atoms with E-state index in [9.17, 15) is 0 Å². The Morgan fingerprint density at radius 2 is 1.24 bits per heavy atom. The highest BCUT2D eigenvalue weighted by atomic mass is 16.3. The lowest BCUT2D eigenvalue weighted by Gasteiger charge is -2.18. The summed E-state index contributed by atoms with van der Waals surface area (Å²) in [5.74, 6) is 1.24. The maximum Gasteiger partial charge on any atom is 0.0991 e. The highest BCUT2D eigenvalue weighted by Gasteiger charge is 2.14. The average Bonchev–Trinajstić information content (AvgIpc) is 3.06. The molecule has 0 radical (unpaired) electrons. The van der Waals surface area contributed by atoms with Crippen LogP contribution in [0.5, 0.6) is 0 Å². The molecule has 0 spiro atoms. The smallest absolute Gasteiger partial charge is 0.0991 e. The molecule has 1 N–H and O–H groups in total. The molecule has 0 aromatic rings. The molecule has 0 saturated heterocycles. The molecule has 0 aliphatic carbocycles. The van der Waals surface area contributed by atoms with E-state index in [4.69, 9.17) is 5.11 Å². The summed E-state index contributed by atoms with van der Waals surface area (Å²) in [6.07, 6.45) is 22.3. The fourth-order valence-corrected chi connectivity index (χ4v) is 3.78. The Morgan fingerprint density at radius 1 is 0.760 bits per heavy atom. The number of hydrogen-bond donors (Lipinski definition) is 1. The molecule has 0 fully saturated rings. The quantitative estimate of drug-likeness (QED) is 0.309. The van der Waals surface area contributed by atoms with Gasteiger partial charge in [-0.3, -0.25) is 4.99 Å². The number of nitrogens with zero attached hydrogens (tertiary/aromatic N) is 2. The molecule has 1 rings (SSSR count). The third kappa shape index (κ3) is 12.4. The summed E-state index contributed by atoms with van der Waals surface area (Å²) >= 11 is 0. The molecule has 0 unspecified atom stereocenters. The van der Waals surface area contributed by atoms with E-state index in [-0.39, 0.29) is 6.61 Å². The van der Waals surface area contributed by atoms with Crippen molar-refractivity contribution in [2.45, 2.75) is 110 Å². The van der Waals surface area contributed by atoms with Crippen LogP contribution in [0, 0.1) is 0 Å². The molecule has 0 aromatic carbocycles. The first-order valence-corrected chi connectivity index (χ1v) is 11.3. The maximum atomic E-state index is 9.05. The Labute approximate surface area is 157 Å². The van der Waals surface area contributed by atoms with Crippen LogP contribution in [0.25, 0.3) is 0 Å². The van der Waals surface area contributed by atoms with Crippen LogP contribution in [0.4, 0.5) is 0 Å². The molecule has 3 heteroatoms. The molecule has 3 nitrogen and oxygen atoms in total. The molecule has 0 aromatic heterocycles. The molecule has 0 saturated carbocycles. The summed E-state index contributed by atoms with van der Waals surface area (Å²) < 4.78 is 0. The van der Waals surface area contributed by atoms with Crippen LogP contribution in [-0.4, -0.2) is 42.1 Å². The number of aliphatic hydroxyl groups excluding tert-OH is 1. The van der Waals surface area contributed by atoms with Gasteiger partial charge in [-0.2, -0.15) is 0 Å². The number of β-amino-alcohol motifs (C(OH)–C–C–N with tert-alkyl or cyclic N) is 1. The van der Waals surface area contributed by atoms with Gasteiger partial charge in [0.15, 0.2) is 0 Å². The lowest BCUT2D eigenvalue weighted by molar-refractivity contribution is 0.255. The molecule has 25 heavy (non-hydrogen) atoms. The van der Waals surface area contributed by atoms with Gasteiger partial charge in [-0.05, 0) is 6.42 Å². The zero-order chi connectivity index (χ0) is 18.0. The van der Waals surface area contributed by atoms with Crippen LogP contribution in [0.1, 0.15) is 110 Å². The standard InChI is InChI=1S/C22H44N2O/c1-2-3-4-5-6-7-8-9-10-11-12-13-14-15-16-17-22-23-18-19-24(22)20-21-25/h25H,2-21H2,1H3. The van der Waals surface area contributed by atoms with E-state index in [0.29, 0.717) is 0 Å². The van der Waals surface area contributed by atoms with Crippen molar-refractivity contribution in [3.05, 3.63) is 0 Å². The molecular formula is C22H44N2O. The van der Waals surface area contributed by atoms with Crippen molar-refractivity contribution >= 4 is 5.84 Å². The topological polar surface area (TPSA) is 35.8 Å². The van der Waals surface area contributed by atoms with E-state index >= 15 is 0 Å². The van der Waals surface area contributed by atoms with E-state index in [1.165, 1.54) is 102 Å². The summed E-state index contributed by atoms with van der Waals surface area (Å²) in [4.78, 5) is 6.82. The Balaban J connectivity index is 1.76. The van der Waals surface area contributed by atoms with Crippen molar-refractivity contribution in [2.24, 2.45) is 4.99 Å². The molecule has 0 atom stereocenters. The fraction of sp³-hybridized carbons (Fsp3) is 0.955. The maximum absolute atomic E-state index is 9.05. The zero-order valence-corrected chi connectivity index (χ0v) is 17.0. The van der Waals surface area contributed by atoms with Gasteiger partial charge in [-0.25, -0.2) is 0 Å². The second-order valence-corrected chi connectivity index (χ2v) is 7.71. The first kappa shape index (κ1) is 22.5. The Kier molecular flexibility index (Phi) is 15.2. The monoisotopic (exact) mass is 352 g/mol. The normalized spacial score (nSPS) is 14.3. The van der Waals surface area contributed by atoms with Crippen LogP contribution in [0.3, 0.4) is 0 Å². The zero-order valence-electron chi connectivity index (χ0n) is 17.0. The minimum atomic E-state index is 0.248. The number of aliphatic hydroxyl groups is 1. The van der Waals surface area contributed by atoms with Crippen LogP contribution in [0.2, 0.25) is 0 Å². The average molecular weight is 353 g/mol. The van der Waals surface area contributed by atoms with Crippen LogP contribution in [-0.2, 0) is 0 Å². The van der Waals surface area contributed by atoms with E-state index in [2.05, 4.69) is 16.8 Å². The van der Waals surface area contributed by atoms with E-state index in [1.807, 2.05) is 0 Å². The molecule has 1 aliphatic heterocycles. The lowest BCUT2D eigenvalue weighted by atomic mass is 10.0. The Morgan fingerprint density at radius 3 is 1.72 bits per heavy atom. The third-order valence-corrected chi connectivity index (χ3v) is 5.40. The largest absolute Gasteiger partial charge is 0.395 e. The number of unbranched alkanes of at least 4 members (excludes halogenated alkanes) is 14. The molecule has 1 heterocycles. The Hall–Kier alpha value is -0.570. The summed E-state index contributed by atoms with van der Waals surface area (Å²) in [6, 6.07) is 0. The SMILES string of the molecule is CCCCCCCCCCCCCCCCCC1=NCCN1CCO. The summed E-state index contributed by atoms with van der Waals surface area (Å²) in [7, 11) is 0. The van der Waals surface area contributed by atoms with Gasteiger partial charge in [0.25, 0.3) is 0 Å². The molecule has 1 aliphatic rings. The van der Waals surface area contributed by atoms with Crippen molar-refractivity contribution in [2.75, 3.05) is 26.2 Å². The minimum absolute atomic E-state index is 0.248. The molecule has 0 bridgehead atoms. The van der Waals surface area contributed by atoms with E-state index < -0.39 is 0 Å². The van der Waals surface area contributed by atoms with Crippen LogP contribution in [0.15, 0.2) is 4.99 Å². The van der Waals surface area contributed by atoms with Crippen molar-refractivity contribution < 1.29 is 5.11 Å². The number of rotatable bonds is 18. The van der Waals surface area contributed by atoms with Crippen molar-refractivity contribution in [1.82, 2.24) is 4.90 Å². The first-order valence-electron chi connectivity index (χ1n) is 11.3. The van der Waals surface area contributed by atoms with Gasteiger partial charge in [0.05, 0.1) is 19.0 Å². The van der Waals surface area contributed by atoms with Gasteiger partial charge in [0.2, 0.25) is 0 Å².